The molecule has 4 rings (SSSR count). The van der Waals surface area contributed by atoms with E-state index in [0.29, 0.717) is 6.42 Å². The first-order valence-corrected chi connectivity index (χ1v) is 9.51. The van der Waals surface area contributed by atoms with E-state index in [1.807, 2.05) is 6.07 Å². The van der Waals surface area contributed by atoms with Crippen LogP contribution < -0.4 is 10.1 Å². The maximum atomic E-state index is 12.5. The minimum atomic E-state index is -4.38. The standard InChI is InChI=1S/C18H17F3N4O2S/c1-9(14-2-3-15(28-14)27-8-18(19,20)21)23-17(26)11-6-10(11)16-24-12-4-5-22-7-13(12)25-16/h2-5,7,9-11H,6,8H2,1H3,(H,23,26)(H,24,25)/t9?,10-,11-/m0/s1. The minimum Gasteiger partial charge on any atom is -0.475 e. The number of hydrogen-bond acceptors (Lipinski definition) is 5. The molecule has 3 aromatic rings. The Balaban J connectivity index is 1.33. The van der Waals surface area contributed by atoms with Crippen LogP contribution in [0.1, 0.15) is 36.0 Å². The number of carbonyl (C=O) groups is 1. The molecule has 1 aliphatic carbocycles. The highest BCUT2D eigenvalue weighted by Gasteiger charge is 2.46. The van der Waals surface area contributed by atoms with E-state index in [1.165, 1.54) is 6.07 Å². The van der Waals surface area contributed by atoms with Crippen LogP contribution in [0.15, 0.2) is 30.6 Å². The van der Waals surface area contributed by atoms with Gasteiger partial charge in [-0.15, -0.1) is 11.3 Å². The Bertz CT molecular complexity index is 967. The van der Waals surface area contributed by atoms with E-state index < -0.39 is 12.8 Å². The SMILES string of the molecule is CC(NC(=O)[C@H]1C[C@@H]1c1nc2ccncc2[nH]1)c1ccc(OCC(F)(F)F)s1. The summed E-state index contributed by atoms with van der Waals surface area (Å²) in [7, 11) is 0. The highest BCUT2D eigenvalue weighted by Crippen LogP contribution is 2.47. The molecule has 1 saturated carbocycles. The number of imidazole rings is 1. The van der Waals surface area contributed by atoms with E-state index in [1.54, 1.807) is 25.4 Å². The first kappa shape index (κ1) is 18.7. The Morgan fingerprint density at radius 1 is 1.43 bits per heavy atom. The number of carbonyl (C=O) groups excluding carboxylic acids is 1. The molecule has 10 heteroatoms. The summed E-state index contributed by atoms with van der Waals surface area (Å²) in [4.78, 5) is 25.0. The number of pyridine rings is 1. The van der Waals surface area contributed by atoms with Crippen molar-refractivity contribution in [1.82, 2.24) is 20.3 Å². The Kier molecular flexibility index (Phi) is 4.74. The molecule has 3 aromatic heterocycles. The van der Waals surface area contributed by atoms with E-state index in [2.05, 4.69) is 20.3 Å². The highest BCUT2D eigenvalue weighted by atomic mass is 32.1. The average molecular weight is 410 g/mol. The lowest BCUT2D eigenvalue weighted by atomic mass is 10.2. The lowest BCUT2D eigenvalue weighted by molar-refractivity contribution is -0.152. The number of H-pyrrole nitrogens is 1. The number of rotatable bonds is 6. The van der Waals surface area contributed by atoms with E-state index in [-0.39, 0.29) is 28.8 Å². The first-order chi connectivity index (χ1) is 13.3. The second kappa shape index (κ2) is 7.08. The maximum Gasteiger partial charge on any atom is 0.422 e. The van der Waals surface area contributed by atoms with Gasteiger partial charge in [0.2, 0.25) is 5.91 Å². The Morgan fingerprint density at radius 3 is 3.00 bits per heavy atom. The fraction of sp³-hybridized carbons (Fsp3) is 0.389. The molecule has 1 unspecified atom stereocenters. The molecule has 28 heavy (non-hydrogen) atoms. The van der Waals surface area contributed by atoms with Gasteiger partial charge < -0.3 is 15.0 Å². The van der Waals surface area contributed by atoms with Crippen LogP contribution in [0.3, 0.4) is 0 Å². The normalized spacial score (nSPS) is 20.1. The maximum absolute atomic E-state index is 12.5. The molecule has 0 bridgehead atoms. The third-order valence-corrected chi connectivity index (χ3v) is 5.73. The molecule has 0 aliphatic heterocycles. The van der Waals surface area contributed by atoms with Gasteiger partial charge in [0.1, 0.15) is 5.82 Å². The van der Waals surface area contributed by atoms with Gasteiger partial charge in [-0.1, -0.05) is 0 Å². The predicted octanol–water partition coefficient (Wildman–Crippen LogP) is 3.94. The van der Waals surface area contributed by atoms with E-state index >= 15 is 0 Å². The lowest BCUT2D eigenvalue weighted by Gasteiger charge is -2.12. The van der Waals surface area contributed by atoms with Crippen molar-refractivity contribution in [3.63, 3.8) is 0 Å². The van der Waals surface area contributed by atoms with Gasteiger partial charge in [-0.25, -0.2) is 4.98 Å². The number of nitrogens with one attached hydrogen (secondary N) is 2. The van der Waals surface area contributed by atoms with Crippen LogP contribution in [0.5, 0.6) is 5.06 Å². The second-order valence-corrected chi connectivity index (χ2v) is 7.83. The molecule has 1 amide bonds. The fourth-order valence-corrected chi connectivity index (χ4v) is 3.89. The average Bonchev–Trinajstić information content (AvgIpc) is 3.11. The van der Waals surface area contributed by atoms with Gasteiger partial charge in [0, 0.05) is 22.9 Å². The van der Waals surface area contributed by atoms with Crippen molar-refractivity contribution in [3.8, 4) is 5.06 Å². The molecule has 2 N–H and O–H groups in total. The van der Waals surface area contributed by atoms with Crippen molar-refractivity contribution in [1.29, 1.82) is 0 Å². The number of ether oxygens (including phenoxy) is 1. The monoisotopic (exact) mass is 410 g/mol. The fourth-order valence-electron chi connectivity index (χ4n) is 3.03. The summed E-state index contributed by atoms with van der Waals surface area (Å²) in [6.45, 7) is 0.464. The molecular weight excluding hydrogens is 393 g/mol. The van der Waals surface area contributed by atoms with Crippen molar-refractivity contribution < 1.29 is 22.7 Å². The zero-order chi connectivity index (χ0) is 19.9. The van der Waals surface area contributed by atoms with Gasteiger partial charge in [-0.05, 0) is 31.5 Å². The van der Waals surface area contributed by atoms with Crippen molar-refractivity contribution in [3.05, 3.63) is 41.3 Å². The number of fused-ring (bicyclic) bond motifs is 1. The molecule has 6 nitrogen and oxygen atoms in total. The molecule has 3 heterocycles. The van der Waals surface area contributed by atoms with Crippen LogP contribution in [0.2, 0.25) is 0 Å². The Morgan fingerprint density at radius 2 is 2.25 bits per heavy atom. The Hall–Kier alpha value is -2.62. The molecule has 0 spiro atoms. The van der Waals surface area contributed by atoms with Crippen LogP contribution >= 0.6 is 11.3 Å². The van der Waals surface area contributed by atoms with Crippen molar-refractivity contribution in [2.24, 2.45) is 5.92 Å². The molecule has 0 radical (unpaired) electrons. The number of nitrogens with zero attached hydrogens (tertiary/aromatic N) is 2. The summed E-state index contributed by atoms with van der Waals surface area (Å²) in [6.07, 6.45) is -0.312. The molecule has 1 fully saturated rings. The van der Waals surface area contributed by atoms with Crippen LogP contribution in [0.4, 0.5) is 13.2 Å². The van der Waals surface area contributed by atoms with E-state index in [4.69, 9.17) is 4.74 Å². The molecule has 148 valence electrons. The van der Waals surface area contributed by atoms with Crippen molar-refractivity contribution in [2.45, 2.75) is 31.5 Å². The Labute approximate surface area is 162 Å². The zero-order valence-corrected chi connectivity index (χ0v) is 15.6. The van der Waals surface area contributed by atoms with Crippen LogP contribution in [0.25, 0.3) is 11.0 Å². The first-order valence-electron chi connectivity index (χ1n) is 8.69. The summed E-state index contributed by atoms with van der Waals surface area (Å²) in [5.41, 5.74) is 1.65. The van der Waals surface area contributed by atoms with Gasteiger partial charge in [0.05, 0.1) is 23.3 Å². The quantitative estimate of drug-likeness (QED) is 0.645. The number of aromatic amines is 1. The number of halogens is 3. The summed E-state index contributed by atoms with van der Waals surface area (Å²) >= 11 is 1.09. The summed E-state index contributed by atoms with van der Waals surface area (Å²) < 4.78 is 41.4. The topological polar surface area (TPSA) is 79.9 Å². The smallest absolute Gasteiger partial charge is 0.422 e. The molecule has 0 saturated heterocycles. The van der Waals surface area contributed by atoms with E-state index in [0.717, 1.165) is 33.1 Å². The number of amides is 1. The summed E-state index contributed by atoms with van der Waals surface area (Å²) in [5, 5.41) is 3.09. The van der Waals surface area contributed by atoms with Gasteiger partial charge in [0.25, 0.3) is 0 Å². The van der Waals surface area contributed by atoms with Crippen LogP contribution in [-0.4, -0.2) is 33.6 Å². The van der Waals surface area contributed by atoms with Gasteiger partial charge in [-0.2, -0.15) is 13.2 Å². The third kappa shape index (κ3) is 4.11. The van der Waals surface area contributed by atoms with Crippen LogP contribution in [-0.2, 0) is 4.79 Å². The number of hydrogen-bond donors (Lipinski definition) is 2. The van der Waals surface area contributed by atoms with E-state index in [9.17, 15) is 18.0 Å². The lowest BCUT2D eigenvalue weighted by Crippen LogP contribution is -2.28. The van der Waals surface area contributed by atoms with Crippen molar-refractivity contribution >= 4 is 28.3 Å². The highest BCUT2D eigenvalue weighted by molar-refractivity contribution is 7.13. The van der Waals surface area contributed by atoms with Gasteiger partial charge in [-0.3, -0.25) is 9.78 Å². The largest absolute Gasteiger partial charge is 0.475 e. The van der Waals surface area contributed by atoms with Gasteiger partial charge >= 0.3 is 6.18 Å². The zero-order valence-electron chi connectivity index (χ0n) is 14.8. The van der Waals surface area contributed by atoms with Crippen molar-refractivity contribution in [2.75, 3.05) is 6.61 Å². The number of thiophene rings is 1. The summed E-state index contributed by atoms with van der Waals surface area (Å²) in [6, 6.07) is 4.64. The third-order valence-electron chi connectivity index (χ3n) is 4.55. The number of aromatic nitrogens is 3. The predicted molar refractivity (Wildman–Crippen MR) is 97.2 cm³/mol. The molecule has 0 aromatic carbocycles. The molecular formula is C18H17F3N4O2S. The van der Waals surface area contributed by atoms with Gasteiger partial charge in [0.15, 0.2) is 11.7 Å². The number of alkyl halides is 3. The summed E-state index contributed by atoms with van der Waals surface area (Å²) in [5.74, 6) is 0.544. The second-order valence-electron chi connectivity index (χ2n) is 6.75. The minimum absolute atomic E-state index is 0.0358. The molecule has 1 aliphatic rings. The van der Waals surface area contributed by atoms with Crippen LogP contribution in [0, 0.1) is 5.92 Å². The molecule has 3 atom stereocenters.